The molecule has 2 amide bonds. The van der Waals surface area contributed by atoms with Crippen molar-refractivity contribution in [2.75, 3.05) is 30.1 Å². The molecule has 0 aliphatic carbocycles. The lowest BCUT2D eigenvalue weighted by Gasteiger charge is -2.05. The first-order valence-corrected chi connectivity index (χ1v) is 10.8. The highest BCUT2D eigenvalue weighted by atomic mass is 35.5. The fourth-order valence-electron chi connectivity index (χ4n) is 2.15. The van der Waals surface area contributed by atoms with Crippen molar-refractivity contribution in [1.29, 1.82) is 0 Å². The molecule has 156 valence electrons. The second kappa shape index (κ2) is 10.8. The standard InChI is InChI=1S/C19H17ClN4O4S2/c1-27-14-8-4-13(5-9-14)21-17(26)11-29-19-24-23-18(30-19)22-16(25)10-28-15-6-2-12(20)3-7-15/h2-9H,10-11H2,1H3,(H,21,26)(H,22,23,25). The number of carbonyl (C=O) groups is 2. The number of methoxy groups -OCH3 is 1. The fraction of sp³-hybridized carbons (Fsp3) is 0.158. The summed E-state index contributed by atoms with van der Waals surface area (Å²) in [7, 11) is 1.58. The van der Waals surface area contributed by atoms with Crippen molar-refractivity contribution in [3.63, 3.8) is 0 Å². The van der Waals surface area contributed by atoms with E-state index in [1.165, 1.54) is 23.1 Å². The summed E-state index contributed by atoms with van der Waals surface area (Å²) in [6.07, 6.45) is 0. The summed E-state index contributed by atoms with van der Waals surface area (Å²) in [5.41, 5.74) is 0.673. The highest BCUT2D eigenvalue weighted by molar-refractivity contribution is 8.01. The van der Waals surface area contributed by atoms with Crippen molar-refractivity contribution in [2.45, 2.75) is 4.34 Å². The van der Waals surface area contributed by atoms with Gasteiger partial charge in [0.25, 0.3) is 5.91 Å². The molecule has 30 heavy (non-hydrogen) atoms. The van der Waals surface area contributed by atoms with Crippen LogP contribution in [-0.4, -0.2) is 41.5 Å². The lowest BCUT2D eigenvalue weighted by atomic mass is 10.3. The third kappa shape index (κ3) is 6.90. The molecule has 0 spiro atoms. The predicted molar refractivity (Wildman–Crippen MR) is 118 cm³/mol. The van der Waals surface area contributed by atoms with E-state index < -0.39 is 0 Å². The summed E-state index contributed by atoms with van der Waals surface area (Å²) in [6, 6.07) is 13.7. The normalized spacial score (nSPS) is 10.3. The summed E-state index contributed by atoms with van der Waals surface area (Å²) in [5, 5.41) is 14.2. The molecule has 0 unspecified atom stereocenters. The molecule has 0 saturated carbocycles. The van der Waals surface area contributed by atoms with Crippen LogP contribution in [0.5, 0.6) is 11.5 Å². The smallest absolute Gasteiger partial charge is 0.264 e. The summed E-state index contributed by atoms with van der Waals surface area (Å²) in [5.74, 6) is 0.862. The first-order valence-electron chi connectivity index (χ1n) is 8.60. The van der Waals surface area contributed by atoms with Crippen LogP contribution in [0.2, 0.25) is 5.02 Å². The van der Waals surface area contributed by atoms with Crippen LogP contribution in [-0.2, 0) is 9.59 Å². The van der Waals surface area contributed by atoms with Gasteiger partial charge in [0.15, 0.2) is 10.9 Å². The van der Waals surface area contributed by atoms with E-state index in [4.69, 9.17) is 21.1 Å². The average Bonchev–Trinajstić information content (AvgIpc) is 3.19. The van der Waals surface area contributed by atoms with Crippen LogP contribution < -0.4 is 20.1 Å². The number of carbonyl (C=O) groups excluding carboxylic acids is 2. The summed E-state index contributed by atoms with van der Waals surface area (Å²) in [6.45, 7) is -0.173. The van der Waals surface area contributed by atoms with Gasteiger partial charge in [-0.1, -0.05) is 34.7 Å². The zero-order chi connectivity index (χ0) is 21.3. The number of hydrogen-bond acceptors (Lipinski definition) is 8. The minimum atomic E-state index is -0.366. The molecule has 0 fully saturated rings. The number of nitrogens with zero attached hydrogens (tertiary/aromatic N) is 2. The minimum Gasteiger partial charge on any atom is -0.497 e. The zero-order valence-electron chi connectivity index (χ0n) is 15.8. The second-order valence-corrected chi connectivity index (χ2v) is 8.37. The van der Waals surface area contributed by atoms with Crippen LogP contribution in [0.15, 0.2) is 52.9 Å². The van der Waals surface area contributed by atoms with E-state index in [-0.39, 0.29) is 24.2 Å². The van der Waals surface area contributed by atoms with Gasteiger partial charge in [-0.3, -0.25) is 14.9 Å². The molecule has 2 aromatic carbocycles. The highest BCUT2D eigenvalue weighted by Crippen LogP contribution is 2.26. The average molecular weight is 465 g/mol. The Morgan fingerprint density at radius 1 is 1.00 bits per heavy atom. The molecule has 8 nitrogen and oxygen atoms in total. The topological polar surface area (TPSA) is 102 Å². The highest BCUT2D eigenvalue weighted by Gasteiger charge is 2.11. The van der Waals surface area contributed by atoms with Crippen LogP contribution in [0.4, 0.5) is 10.8 Å². The maximum absolute atomic E-state index is 12.1. The maximum atomic E-state index is 12.1. The number of thioether (sulfide) groups is 1. The zero-order valence-corrected chi connectivity index (χ0v) is 18.1. The van der Waals surface area contributed by atoms with E-state index in [1.807, 2.05) is 0 Å². The molecule has 0 atom stereocenters. The number of hydrogen-bond donors (Lipinski definition) is 2. The van der Waals surface area contributed by atoms with Crippen LogP contribution in [0.25, 0.3) is 0 Å². The fourth-order valence-corrected chi connectivity index (χ4v) is 3.85. The number of amides is 2. The Labute approximate surface area is 185 Å². The third-order valence-electron chi connectivity index (χ3n) is 3.54. The van der Waals surface area contributed by atoms with Crippen LogP contribution in [0.1, 0.15) is 0 Å². The van der Waals surface area contributed by atoms with E-state index in [9.17, 15) is 9.59 Å². The van der Waals surface area contributed by atoms with Gasteiger partial charge >= 0.3 is 0 Å². The van der Waals surface area contributed by atoms with Gasteiger partial charge in [0.05, 0.1) is 12.9 Å². The quantitative estimate of drug-likeness (QED) is 0.365. The number of benzene rings is 2. The molecule has 1 heterocycles. The first kappa shape index (κ1) is 21.9. The molecular weight excluding hydrogens is 448 g/mol. The van der Waals surface area contributed by atoms with Crippen LogP contribution in [0, 0.1) is 0 Å². The minimum absolute atomic E-state index is 0.161. The van der Waals surface area contributed by atoms with E-state index in [1.54, 1.807) is 55.6 Å². The Balaban J connectivity index is 1.41. The van der Waals surface area contributed by atoms with Gasteiger partial charge in [-0.25, -0.2) is 0 Å². The largest absolute Gasteiger partial charge is 0.497 e. The van der Waals surface area contributed by atoms with Gasteiger partial charge in [0.2, 0.25) is 11.0 Å². The lowest BCUT2D eigenvalue weighted by Crippen LogP contribution is -2.20. The number of nitrogens with one attached hydrogen (secondary N) is 2. The molecule has 0 aliphatic heterocycles. The predicted octanol–water partition coefficient (Wildman–Crippen LogP) is 3.95. The molecule has 2 N–H and O–H groups in total. The van der Waals surface area contributed by atoms with E-state index in [0.717, 1.165) is 0 Å². The molecule has 3 aromatic rings. The Morgan fingerprint density at radius 2 is 1.70 bits per heavy atom. The maximum Gasteiger partial charge on any atom is 0.264 e. The van der Waals surface area contributed by atoms with Gasteiger partial charge in [-0.15, -0.1) is 10.2 Å². The summed E-state index contributed by atoms with van der Waals surface area (Å²) in [4.78, 5) is 24.0. The number of rotatable bonds is 9. The first-order chi connectivity index (χ1) is 14.5. The Hall–Kier alpha value is -2.82. The van der Waals surface area contributed by atoms with Crippen molar-refractivity contribution in [1.82, 2.24) is 10.2 Å². The van der Waals surface area contributed by atoms with E-state index in [2.05, 4.69) is 20.8 Å². The molecule has 0 aliphatic rings. The Morgan fingerprint density at radius 3 is 2.40 bits per heavy atom. The number of ether oxygens (including phenoxy) is 2. The third-order valence-corrected chi connectivity index (χ3v) is 5.76. The van der Waals surface area contributed by atoms with Crippen LogP contribution >= 0.6 is 34.7 Å². The Bertz CT molecular complexity index is 997. The Kier molecular flexibility index (Phi) is 7.89. The van der Waals surface area contributed by atoms with E-state index >= 15 is 0 Å². The van der Waals surface area contributed by atoms with Gasteiger partial charge < -0.3 is 14.8 Å². The van der Waals surface area contributed by atoms with Crippen molar-refractivity contribution < 1.29 is 19.1 Å². The monoisotopic (exact) mass is 464 g/mol. The van der Waals surface area contributed by atoms with Gasteiger partial charge in [0, 0.05) is 10.7 Å². The summed E-state index contributed by atoms with van der Waals surface area (Å²) >= 11 is 8.21. The van der Waals surface area contributed by atoms with Crippen molar-refractivity contribution in [3.05, 3.63) is 53.6 Å². The lowest BCUT2D eigenvalue weighted by molar-refractivity contribution is -0.118. The van der Waals surface area contributed by atoms with Gasteiger partial charge in [-0.05, 0) is 48.5 Å². The molecule has 11 heteroatoms. The van der Waals surface area contributed by atoms with E-state index in [0.29, 0.717) is 31.7 Å². The van der Waals surface area contributed by atoms with Crippen molar-refractivity contribution >= 4 is 57.3 Å². The molecule has 0 bridgehead atoms. The molecule has 0 saturated heterocycles. The summed E-state index contributed by atoms with van der Waals surface area (Å²) < 4.78 is 11.0. The van der Waals surface area contributed by atoms with Gasteiger partial charge in [-0.2, -0.15) is 0 Å². The number of halogens is 1. The van der Waals surface area contributed by atoms with Crippen molar-refractivity contribution in [2.24, 2.45) is 0 Å². The van der Waals surface area contributed by atoms with Crippen LogP contribution in [0.3, 0.4) is 0 Å². The molecule has 0 radical (unpaired) electrons. The molecular formula is C19H17ClN4O4S2. The SMILES string of the molecule is COc1ccc(NC(=O)CSc2nnc(NC(=O)COc3ccc(Cl)cc3)s2)cc1. The second-order valence-electron chi connectivity index (χ2n) is 5.73. The van der Waals surface area contributed by atoms with Crippen molar-refractivity contribution in [3.8, 4) is 11.5 Å². The molecule has 1 aromatic heterocycles. The van der Waals surface area contributed by atoms with Gasteiger partial charge in [0.1, 0.15) is 11.5 Å². The molecule has 3 rings (SSSR count). The number of aromatic nitrogens is 2. The number of anilines is 2.